The lowest BCUT2D eigenvalue weighted by Gasteiger charge is -2.37. The van der Waals surface area contributed by atoms with Gasteiger partial charge >= 0.3 is 5.97 Å². The molecule has 3 aromatic rings. The highest BCUT2D eigenvalue weighted by atomic mass is 32.1. The molecule has 3 heterocycles. The molecule has 2 aromatic heterocycles. The lowest BCUT2D eigenvalue weighted by molar-refractivity contribution is 0.0531. The number of hydrogen-bond donors (Lipinski definition) is 0. The van der Waals surface area contributed by atoms with Crippen molar-refractivity contribution < 1.29 is 13.9 Å². The van der Waals surface area contributed by atoms with Crippen molar-refractivity contribution in [2.45, 2.75) is 20.8 Å². The van der Waals surface area contributed by atoms with Crippen LogP contribution in [0.25, 0.3) is 10.2 Å². The Morgan fingerprint density at radius 1 is 1.14 bits per heavy atom. The Morgan fingerprint density at radius 2 is 1.83 bits per heavy atom. The van der Waals surface area contributed by atoms with Gasteiger partial charge in [-0.05, 0) is 38.5 Å². The van der Waals surface area contributed by atoms with Crippen LogP contribution >= 0.6 is 11.3 Å². The molecule has 6 nitrogen and oxygen atoms in total. The molecule has 0 radical (unpaired) electrons. The van der Waals surface area contributed by atoms with Crippen LogP contribution in [0.1, 0.15) is 28.0 Å². The summed E-state index contributed by atoms with van der Waals surface area (Å²) in [5, 5.41) is 0.906. The third-order valence-electron chi connectivity index (χ3n) is 5.12. The first-order valence-corrected chi connectivity index (χ1v) is 10.5. The zero-order chi connectivity index (χ0) is 20.5. The smallest absolute Gasteiger partial charge is 0.348 e. The predicted molar refractivity (Wildman–Crippen MR) is 114 cm³/mol. The van der Waals surface area contributed by atoms with Gasteiger partial charge in [0.15, 0.2) is 0 Å². The van der Waals surface area contributed by atoms with Crippen LogP contribution in [0.3, 0.4) is 0 Å². The van der Waals surface area contributed by atoms with Gasteiger partial charge in [0.25, 0.3) is 0 Å². The van der Waals surface area contributed by atoms with Crippen molar-refractivity contribution in [3.8, 4) is 0 Å². The molecule has 0 unspecified atom stereocenters. The fourth-order valence-electron chi connectivity index (χ4n) is 3.71. The minimum atomic E-state index is -0.319. The maximum absolute atomic E-state index is 14.1. The summed E-state index contributed by atoms with van der Waals surface area (Å²) in [4.78, 5) is 27.2. The highest BCUT2D eigenvalue weighted by Crippen LogP contribution is 2.36. The Kier molecular flexibility index (Phi) is 5.36. The average Bonchev–Trinajstić information content (AvgIpc) is 3.04. The first-order valence-electron chi connectivity index (χ1n) is 9.69. The number of benzene rings is 1. The van der Waals surface area contributed by atoms with E-state index in [1.807, 2.05) is 26.0 Å². The van der Waals surface area contributed by atoms with Crippen molar-refractivity contribution in [1.82, 2.24) is 9.97 Å². The van der Waals surface area contributed by atoms with Crippen LogP contribution in [0.5, 0.6) is 0 Å². The number of aryl methyl sites for hydroxylation is 2. The lowest BCUT2D eigenvalue weighted by atomic mass is 10.1. The van der Waals surface area contributed by atoms with Crippen LogP contribution in [-0.2, 0) is 4.74 Å². The number of carbonyl (C=O) groups excluding carboxylic acids is 1. The van der Waals surface area contributed by atoms with Crippen molar-refractivity contribution >= 4 is 39.0 Å². The molecular weight excluding hydrogens is 391 g/mol. The fraction of sp³-hybridized carbons (Fsp3) is 0.381. The second kappa shape index (κ2) is 7.94. The monoisotopic (exact) mass is 414 g/mol. The Bertz CT molecular complexity index is 1060. The molecule has 0 spiro atoms. The topological polar surface area (TPSA) is 58.6 Å². The summed E-state index contributed by atoms with van der Waals surface area (Å²) < 4.78 is 19.3. The summed E-state index contributed by atoms with van der Waals surface area (Å²) in [6.07, 6.45) is 0. The van der Waals surface area contributed by atoms with E-state index in [-0.39, 0.29) is 11.8 Å². The van der Waals surface area contributed by atoms with Crippen molar-refractivity contribution in [2.75, 3.05) is 42.6 Å². The summed E-state index contributed by atoms with van der Waals surface area (Å²) in [6, 6.07) is 6.86. The van der Waals surface area contributed by atoms with Crippen LogP contribution in [0.4, 0.5) is 15.9 Å². The predicted octanol–water partition coefficient (Wildman–Crippen LogP) is 3.95. The van der Waals surface area contributed by atoms with Crippen molar-refractivity contribution in [3.63, 3.8) is 0 Å². The number of carbonyl (C=O) groups is 1. The zero-order valence-electron chi connectivity index (χ0n) is 16.7. The molecule has 1 saturated heterocycles. The maximum atomic E-state index is 14.1. The third-order valence-corrected chi connectivity index (χ3v) is 6.28. The van der Waals surface area contributed by atoms with Gasteiger partial charge in [-0.1, -0.05) is 12.1 Å². The first-order chi connectivity index (χ1) is 14.0. The molecule has 0 aliphatic carbocycles. The minimum absolute atomic E-state index is 0.200. The Labute approximate surface area is 172 Å². The lowest BCUT2D eigenvalue weighted by Crippen LogP contribution is -2.47. The van der Waals surface area contributed by atoms with E-state index in [0.29, 0.717) is 49.2 Å². The molecule has 8 heteroatoms. The maximum Gasteiger partial charge on any atom is 0.348 e. The number of thiophene rings is 1. The third kappa shape index (κ3) is 3.64. The molecule has 4 rings (SSSR count). The van der Waals surface area contributed by atoms with Gasteiger partial charge in [-0.2, -0.15) is 0 Å². The summed E-state index contributed by atoms with van der Waals surface area (Å²) >= 11 is 1.35. The molecule has 0 saturated carbocycles. The first kappa shape index (κ1) is 19.6. The molecular formula is C21H23FN4O2S. The van der Waals surface area contributed by atoms with Gasteiger partial charge in [-0.3, -0.25) is 0 Å². The highest BCUT2D eigenvalue weighted by molar-refractivity contribution is 7.20. The molecule has 0 atom stereocenters. The number of halogens is 1. The largest absolute Gasteiger partial charge is 0.462 e. The SMILES string of the molecule is CCOC(=O)c1sc2nc(C)nc(N3CCN(c4ccccc4F)CC3)c2c1C. The quantitative estimate of drug-likeness (QED) is 0.603. The second-order valence-electron chi connectivity index (χ2n) is 6.98. The van der Waals surface area contributed by atoms with E-state index in [9.17, 15) is 9.18 Å². The Hall–Kier alpha value is -2.74. The summed E-state index contributed by atoms with van der Waals surface area (Å²) in [5.74, 6) is 0.987. The number of ether oxygens (including phenoxy) is 1. The number of nitrogens with zero attached hydrogens (tertiary/aromatic N) is 4. The molecule has 0 amide bonds. The minimum Gasteiger partial charge on any atom is -0.462 e. The molecule has 0 N–H and O–H groups in total. The van der Waals surface area contributed by atoms with Gasteiger partial charge in [0.05, 0.1) is 17.7 Å². The van der Waals surface area contributed by atoms with Crippen LogP contribution in [-0.4, -0.2) is 48.7 Å². The summed E-state index contributed by atoms with van der Waals surface area (Å²) in [5.41, 5.74) is 1.49. The molecule has 1 aromatic carbocycles. The van der Waals surface area contributed by atoms with E-state index in [0.717, 1.165) is 21.6 Å². The number of anilines is 2. The normalized spacial score (nSPS) is 14.5. The second-order valence-corrected chi connectivity index (χ2v) is 7.98. The molecule has 152 valence electrons. The molecule has 0 bridgehead atoms. The Morgan fingerprint density at radius 3 is 2.52 bits per heavy atom. The van der Waals surface area contributed by atoms with E-state index >= 15 is 0 Å². The standard InChI is InChI=1S/C21H23FN4O2S/c1-4-28-21(27)18-13(2)17-19(23-14(3)24-20(17)29-18)26-11-9-25(10-12-26)16-8-6-5-7-15(16)22/h5-8H,4,9-12H2,1-3H3. The number of aromatic nitrogens is 2. The van der Waals surface area contributed by atoms with Crippen molar-refractivity contribution in [2.24, 2.45) is 0 Å². The number of hydrogen-bond acceptors (Lipinski definition) is 7. The van der Waals surface area contributed by atoms with Gasteiger partial charge in [0.2, 0.25) is 0 Å². The molecule has 29 heavy (non-hydrogen) atoms. The van der Waals surface area contributed by atoms with E-state index in [2.05, 4.69) is 14.8 Å². The molecule has 1 fully saturated rings. The molecule has 1 aliphatic heterocycles. The zero-order valence-corrected chi connectivity index (χ0v) is 17.6. The van der Waals surface area contributed by atoms with Crippen LogP contribution in [0.15, 0.2) is 24.3 Å². The van der Waals surface area contributed by atoms with Crippen molar-refractivity contribution in [3.05, 3.63) is 46.3 Å². The van der Waals surface area contributed by atoms with Gasteiger partial charge in [0.1, 0.15) is 27.2 Å². The number of piperazine rings is 1. The Balaban J connectivity index is 1.64. The average molecular weight is 415 g/mol. The van der Waals surface area contributed by atoms with Gasteiger partial charge in [-0.15, -0.1) is 11.3 Å². The van der Waals surface area contributed by atoms with E-state index in [1.165, 1.54) is 17.4 Å². The number of para-hydroxylation sites is 1. The van der Waals surface area contributed by atoms with Crippen LogP contribution in [0, 0.1) is 19.7 Å². The number of fused-ring (bicyclic) bond motifs is 1. The van der Waals surface area contributed by atoms with Crippen LogP contribution < -0.4 is 9.80 Å². The van der Waals surface area contributed by atoms with Gasteiger partial charge in [0, 0.05) is 26.2 Å². The summed E-state index contributed by atoms with van der Waals surface area (Å²) in [7, 11) is 0. The van der Waals surface area contributed by atoms with Gasteiger partial charge < -0.3 is 14.5 Å². The van der Waals surface area contributed by atoms with Gasteiger partial charge in [-0.25, -0.2) is 19.2 Å². The number of rotatable bonds is 4. The van der Waals surface area contributed by atoms with E-state index in [1.54, 1.807) is 13.0 Å². The fourth-order valence-corrected chi connectivity index (χ4v) is 4.82. The van der Waals surface area contributed by atoms with Crippen LogP contribution in [0.2, 0.25) is 0 Å². The van der Waals surface area contributed by atoms with Crippen molar-refractivity contribution in [1.29, 1.82) is 0 Å². The highest BCUT2D eigenvalue weighted by Gasteiger charge is 2.26. The number of esters is 1. The van der Waals surface area contributed by atoms with E-state index < -0.39 is 0 Å². The molecule has 1 aliphatic rings. The summed E-state index contributed by atoms with van der Waals surface area (Å²) in [6.45, 7) is 8.72. The van der Waals surface area contributed by atoms with E-state index in [4.69, 9.17) is 9.72 Å².